The molecule has 0 atom stereocenters. The third kappa shape index (κ3) is 8.44. The van der Waals surface area contributed by atoms with Crippen LogP contribution in [0, 0.1) is 13.8 Å². The third-order valence-electron chi connectivity index (χ3n) is 6.29. The number of nitrogens with one attached hydrogen (secondary N) is 3. The van der Waals surface area contributed by atoms with E-state index in [1.807, 2.05) is 90.1 Å². The summed E-state index contributed by atoms with van der Waals surface area (Å²) >= 11 is 0. The van der Waals surface area contributed by atoms with Crippen molar-refractivity contribution in [1.82, 2.24) is 34.9 Å². The molecule has 42 heavy (non-hydrogen) atoms. The highest BCUT2D eigenvalue weighted by Crippen LogP contribution is 2.26. The highest BCUT2D eigenvalue weighted by atomic mass is 15.1. The molecule has 0 spiro atoms. The van der Waals surface area contributed by atoms with Gasteiger partial charge in [-0.25, -0.2) is 4.98 Å². The van der Waals surface area contributed by atoms with Crippen LogP contribution in [0.25, 0.3) is 29.2 Å². The van der Waals surface area contributed by atoms with Crippen LogP contribution in [0.5, 0.6) is 0 Å². The molecule has 3 aromatic heterocycles. The van der Waals surface area contributed by atoms with Gasteiger partial charge in [-0.3, -0.25) is 5.10 Å². The normalized spacial score (nSPS) is 13.2. The molecule has 0 radical (unpaired) electrons. The van der Waals surface area contributed by atoms with Crippen molar-refractivity contribution in [3.05, 3.63) is 125 Å². The minimum atomic E-state index is 0.721. The topological polar surface area (TPSA) is 77.6 Å². The molecule has 0 saturated carbocycles. The van der Waals surface area contributed by atoms with Crippen molar-refractivity contribution in [3.8, 4) is 11.4 Å². The summed E-state index contributed by atoms with van der Waals surface area (Å²) in [6.07, 6.45) is 17.5. The van der Waals surface area contributed by atoms with Gasteiger partial charge in [0.15, 0.2) is 0 Å². The van der Waals surface area contributed by atoms with Crippen molar-refractivity contribution in [2.75, 3.05) is 20.6 Å². The predicted octanol–water partition coefficient (Wildman–Crippen LogP) is 6.14. The van der Waals surface area contributed by atoms with Crippen LogP contribution >= 0.6 is 0 Å². The predicted molar refractivity (Wildman–Crippen MR) is 181 cm³/mol. The van der Waals surface area contributed by atoms with E-state index < -0.39 is 0 Å². The largest absolute Gasteiger partial charge is 0.358 e. The summed E-state index contributed by atoms with van der Waals surface area (Å²) in [4.78, 5) is 9.98. The zero-order valence-electron chi connectivity index (χ0n) is 26.6. The first kappa shape index (κ1) is 33.6. The van der Waals surface area contributed by atoms with Gasteiger partial charge in [0, 0.05) is 40.6 Å². The number of imidazole rings is 1. The molecule has 0 saturated heterocycles. The van der Waals surface area contributed by atoms with E-state index >= 15 is 0 Å². The molecule has 0 aromatic carbocycles. The molecule has 7 heteroatoms. The number of rotatable bonds is 12. The molecule has 7 nitrogen and oxygen atoms in total. The number of hydrogen-bond acceptors (Lipinski definition) is 4. The van der Waals surface area contributed by atoms with E-state index in [1.54, 1.807) is 12.2 Å². The number of H-pyrrole nitrogens is 2. The Labute approximate surface area is 251 Å². The fourth-order valence-corrected chi connectivity index (χ4v) is 4.42. The lowest BCUT2D eigenvalue weighted by atomic mass is 10.0. The van der Waals surface area contributed by atoms with Crippen LogP contribution < -0.4 is 15.9 Å². The lowest BCUT2D eigenvalue weighted by Gasteiger charge is -2.15. The maximum Gasteiger partial charge on any atom is 0.116 e. The van der Waals surface area contributed by atoms with E-state index in [0.717, 1.165) is 73.7 Å². The number of allylic oxidation sites excluding steroid dienone is 7. The molecule has 0 aliphatic carbocycles. The van der Waals surface area contributed by atoms with Crippen molar-refractivity contribution in [2.24, 2.45) is 0 Å². The van der Waals surface area contributed by atoms with Gasteiger partial charge in [-0.1, -0.05) is 58.4 Å². The summed E-state index contributed by atoms with van der Waals surface area (Å²) in [6, 6.07) is 2.11. The van der Waals surface area contributed by atoms with Gasteiger partial charge in [-0.15, -0.1) is 0 Å². The number of aromatic nitrogens is 5. The van der Waals surface area contributed by atoms with Gasteiger partial charge in [0.2, 0.25) is 0 Å². The Morgan fingerprint density at radius 3 is 2.40 bits per heavy atom. The summed E-state index contributed by atoms with van der Waals surface area (Å²) in [5.74, 6) is 0. The van der Waals surface area contributed by atoms with Crippen LogP contribution in [0.3, 0.4) is 0 Å². The molecule has 0 aliphatic heterocycles. The average molecular weight is 566 g/mol. The van der Waals surface area contributed by atoms with E-state index in [-0.39, 0.29) is 0 Å². The molecule has 0 aliphatic rings. The second kappa shape index (κ2) is 16.0. The highest BCUT2D eigenvalue weighted by Gasteiger charge is 2.15. The number of aryl methyl sites for hydroxylation is 2. The quantitative estimate of drug-likeness (QED) is 0.231. The fourth-order valence-electron chi connectivity index (χ4n) is 4.42. The molecular formula is C35H47N7. The second-order valence-corrected chi connectivity index (χ2v) is 9.80. The summed E-state index contributed by atoms with van der Waals surface area (Å²) in [5, 5.41) is 13.1. The number of likely N-dealkylation sites (N-methyl/N-ethyl adjacent to an activating group) is 1. The lowest BCUT2D eigenvalue weighted by Crippen LogP contribution is -2.24. The van der Waals surface area contributed by atoms with Crippen molar-refractivity contribution in [2.45, 2.75) is 41.5 Å². The zero-order valence-corrected chi connectivity index (χ0v) is 26.6. The molecular weight excluding hydrogens is 518 g/mol. The Bertz CT molecular complexity index is 1630. The maximum atomic E-state index is 4.68. The van der Waals surface area contributed by atoms with Crippen LogP contribution in [0.1, 0.15) is 44.6 Å². The standard InChI is InChI=1S/C33H41N7.C2H6/c1-11-15-32(40-20-23(6)34-21-40)28-18-31(36-25(28)8)33-29(30(14-4)37-38-33)16-22(5)26(12-2)17-27(13-3)35-24(7)19-39(9)10;1-2/h11-18,20-21,35-37H,1,3,5,7,19H2,2,4,6,8-10H3;1-2H3/b26-12+,27-17+,29-16+,30-14+,32-15+;. The Kier molecular flexibility index (Phi) is 12.8. The van der Waals surface area contributed by atoms with E-state index in [0.29, 0.717) is 0 Å². The van der Waals surface area contributed by atoms with Crippen molar-refractivity contribution in [1.29, 1.82) is 0 Å². The first-order valence-electron chi connectivity index (χ1n) is 14.2. The minimum absolute atomic E-state index is 0.721. The zero-order chi connectivity index (χ0) is 31.4. The van der Waals surface area contributed by atoms with Crippen LogP contribution in [0.4, 0.5) is 0 Å². The molecule has 0 amide bonds. The summed E-state index contributed by atoms with van der Waals surface area (Å²) < 4.78 is 2.00. The Hall–Kier alpha value is -4.62. The Balaban J connectivity index is 0.00000301. The monoisotopic (exact) mass is 565 g/mol. The van der Waals surface area contributed by atoms with E-state index in [1.165, 1.54) is 0 Å². The molecule has 222 valence electrons. The molecule has 3 heterocycles. The molecule has 0 unspecified atom stereocenters. The van der Waals surface area contributed by atoms with Crippen LogP contribution in [-0.4, -0.2) is 50.3 Å². The van der Waals surface area contributed by atoms with Crippen molar-refractivity contribution >= 4 is 17.8 Å². The lowest BCUT2D eigenvalue weighted by molar-refractivity contribution is 0.438. The van der Waals surface area contributed by atoms with Gasteiger partial charge in [0.05, 0.1) is 28.8 Å². The highest BCUT2D eigenvalue weighted by molar-refractivity contribution is 5.75. The van der Waals surface area contributed by atoms with E-state index in [9.17, 15) is 0 Å². The number of hydrogen-bond donors (Lipinski definition) is 3. The molecule has 0 fully saturated rings. The maximum absolute atomic E-state index is 4.68. The third-order valence-corrected chi connectivity index (χ3v) is 6.29. The smallest absolute Gasteiger partial charge is 0.116 e. The minimum Gasteiger partial charge on any atom is -0.358 e. The van der Waals surface area contributed by atoms with Crippen LogP contribution in [-0.2, 0) is 0 Å². The van der Waals surface area contributed by atoms with E-state index in [4.69, 9.17) is 0 Å². The Morgan fingerprint density at radius 2 is 1.86 bits per heavy atom. The van der Waals surface area contributed by atoms with Gasteiger partial charge < -0.3 is 19.8 Å². The average Bonchev–Trinajstić information content (AvgIpc) is 3.68. The number of aromatic amines is 2. The SMILES string of the molecule is C=C/C=C(\c1cc(-c2n[nH]c(=C/C)/c2=C\C(=C)C(/C=C(\C=C)NC(=C)CN(C)C)=C/C)[nH]c1C)n1cnc(C)c1.CC. The van der Waals surface area contributed by atoms with Gasteiger partial charge in [0.1, 0.15) is 5.69 Å². The fraction of sp³-hybridized carbons (Fsp3) is 0.257. The van der Waals surface area contributed by atoms with Crippen molar-refractivity contribution in [3.63, 3.8) is 0 Å². The molecule has 3 rings (SSSR count). The Morgan fingerprint density at radius 1 is 1.14 bits per heavy atom. The molecule has 0 bridgehead atoms. The van der Waals surface area contributed by atoms with E-state index in [2.05, 4.69) is 75.8 Å². The first-order chi connectivity index (χ1) is 20.1. The van der Waals surface area contributed by atoms with Crippen LogP contribution in [0.2, 0.25) is 0 Å². The second-order valence-electron chi connectivity index (χ2n) is 9.80. The van der Waals surface area contributed by atoms with Gasteiger partial charge >= 0.3 is 0 Å². The van der Waals surface area contributed by atoms with Gasteiger partial charge in [-0.2, -0.15) is 5.10 Å². The first-order valence-corrected chi connectivity index (χ1v) is 14.2. The summed E-state index contributed by atoms with van der Waals surface area (Å²) in [5.41, 5.74) is 9.23. The summed E-state index contributed by atoms with van der Waals surface area (Å²) in [7, 11) is 4.01. The number of nitrogens with zero attached hydrogens (tertiary/aromatic N) is 4. The van der Waals surface area contributed by atoms with Crippen molar-refractivity contribution < 1.29 is 0 Å². The molecule has 3 N–H and O–H groups in total. The van der Waals surface area contributed by atoms with Gasteiger partial charge in [0.25, 0.3) is 0 Å². The van der Waals surface area contributed by atoms with Gasteiger partial charge in [-0.05, 0) is 83.3 Å². The van der Waals surface area contributed by atoms with Crippen LogP contribution in [0.15, 0.2) is 97.8 Å². The molecule has 3 aromatic rings. The summed E-state index contributed by atoms with van der Waals surface area (Å²) in [6.45, 7) is 29.1.